The van der Waals surface area contributed by atoms with Gasteiger partial charge in [0.2, 0.25) is 0 Å². The third-order valence-corrected chi connectivity index (χ3v) is 2.85. The maximum Gasteiger partial charge on any atom is 0.190 e. The highest BCUT2D eigenvalue weighted by atomic mass is 19.1. The minimum atomic E-state index is -0.770. The molecule has 118 valence electrons. The first-order valence-corrected chi connectivity index (χ1v) is 6.62. The second kappa shape index (κ2) is 7.61. The summed E-state index contributed by atoms with van der Waals surface area (Å²) in [6.45, 7) is 0.173. The predicted octanol–water partition coefficient (Wildman–Crippen LogP) is 2.92. The molecule has 2 aromatic carbocycles. The molecule has 2 rings (SSSR count). The molecule has 1 N–H and O–H groups in total. The van der Waals surface area contributed by atoms with E-state index in [0.717, 1.165) is 0 Å². The van der Waals surface area contributed by atoms with Crippen LogP contribution in [0.25, 0.3) is 0 Å². The van der Waals surface area contributed by atoms with Gasteiger partial charge in [0.15, 0.2) is 17.4 Å². The summed E-state index contributed by atoms with van der Waals surface area (Å²) in [6.07, 6.45) is 0. The molecule has 0 unspecified atom stereocenters. The van der Waals surface area contributed by atoms with Crippen molar-refractivity contribution in [2.75, 3.05) is 20.3 Å². The minimum Gasteiger partial charge on any atom is -0.491 e. The zero-order valence-electron chi connectivity index (χ0n) is 12.0. The van der Waals surface area contributed by atoms with Crippen molar-refractivity contribution in [1.82, 2.24) is 0 Å². The lowest BCUT2D eigenvalue weighted by atomic mass is 10.2. The standard InChI is InChI=1S/C16H16F2O4/c1-20-16-14(17)8-11(9-15(16)18)10-22-13-4-2-12(3-5-13)21-7-6-19/h2-5,8-9,19H,6-7,10H2,1H3. The summed E-state index contributed by atoms with van der Waals surface area (Å²) >= 11 is 0. The van der Waals surface area contributed by atoms with E-state index in [9.17, 15) is 8.78 Å². The van der Waals surface area contributed by atoms with Gasteiger partial charge in [-0.3, -0.25) is 0 Å². The largest absolute Gasteiger partial charge is 0.491 e. The SMILES string of the molecule is COc1c(F)cc(COc2ccc(OCCO)cc2)cc1F. The number of aliphatic hydroxyl groups excluding tert-OH is 1. The quantitative estimate of drug-likeness (QED) is 0.854. The number of halogens is 2. The van der Waals surface area contributed by atoms with Gasteiger partial charge in [-0.25, -0.2) is 8.78 Å². The zero-order valence-corrected chi connectivity index (χ0v) is 12.0. The predicted molar refractivity (Wildman–Crippen MR) is 76.3 cm³/mol. The van der Waals surface area contributed by atoms with Gasteiger partial charge in [-0.2, -0.15) is 0 Å². The summed E-state index contributed by atoms with van der Waals surface area (Å²) in [5.41, 5.74) is 0.358. The Hall–Kier alpha value is -2.34. The molecule has 0 fully saturated rings. The first-order chi connectivity index (χ1) is 10.6. The third kappa shape index (κ3) is 4.08. The molecule has 0 saturated carbocycles. The van der Waals surface area contributed by atoms with Crippen LogP contribution in [-0.4, -0.2) is 25.4 Å². The monoisotopic (exact) mass is 310 g/mol. The zero-order chi connectivity index (χ0) is 15.9. The molecule has 0 aromatic heterocycles. The molecule has 0 radical (unpaired) electrons. The van der Waals surface area contributed by atoms with Crippen molar-refractivity contribution in [3.8, 4) is 17.2 Å². The maximum atomic E-state index is 13.6. The maximum absolute atomic E-state index is 13.6. The topological polar surface area (TPSA) is 47.9 Å². The van der Waals surface area contributed by atoms with Crippen molar-refractivity contribution in [3.05, 3.63) is 53.6 Å². The number of hydrogen-bond donors (Lipinski definition) is 1. The second-order valence-electron chi connectivity index (χ2n) is 4.42. The lowest BCUT2D eigenvalue weighted by Gasteiger charge is -2.10. The van der Waals surface area contributed by atoms with Crippen molar-refractivity contribution < 1.29 is 28.1 Å². The average molecular weight is 310 g/mol. The number of ether oxygens (including phenoxy) is 3. The van der Waals surface area contributed by atoms with Crippen molar-refractivity contribution in [2.24, 2.45) is 0 Å². The van der Waals surface area contributed by atoms with Gasteiger partial charge in [0, 0.05) is 0 Å². The summed E-state index contributed by atoms with van der Waals surface area (Å²) in [5, 5.41) is 8.65. The highest BCUT2D eigenvalue weighted by Crippen LogP contribution is 2.24. The van der Waals surface area contributed by atoms with Crippen molar-refractivity contribution in [2.45, 2.75) is 6.61 Å². The van der Waals surface area contributed by atoms with Gasteiger partial charge in [0.1, 0.15) is 24.7 Å². The van der Waals surface area contributed by atoms with E-state index in [4.69, 9.17) is 14.6 Å². The van der Waals surface area contributed by atoms with E-state index in [1.807, 2.05) is 0 Å². The van der Waals surface area contributed by atoms with Crippen LogP contribution in [0.3, 0.4) is 0 Å². The Kier molecular flexibility index (Phi) is 5.55. The van der Waals surface area contributed by atoms with E-state index in [1.54, 1.807) is 24.3 Å². The number of methoxy groups -OCH3 is 1. The molecule has 0 aliphatic heterocycles. The van der Waals surface area contributed by atoms with Crippen molar-refractivity contribution in [3.63, 3.8) is 0 Å². The molecule has 0 aliphatic carbocycles. The van der Waals surface area contributed by atoms with Crippen LogP contribution in [0.5, 0.6) is 17.2 Å². The van der Waals surface area contributed by atoms with Gasteiger partial charge in [-0.05, 0) is 42.0 Å². The Morgan fingerprint density at radius 1 is 0.955 bits per heavy atom. The smallest absolute Gasteiger partial charge is 0.190 e. The Balaban J connectivity index is 1.98. The molecule has 0 spiro atoms. The number of rotatable bonds is 7. The molecule has 4 nitrogen and oxygen atoms in total. The van der Waals surface area contributed by atoms with Gasteiger partial charge >= 0.3 is 0 Å². The molecular formula is C16H16F2O4. The molecule has 6 heteroatoms. The highest BCUT2D eigenvalue weighted by Gasteiger charge is 2.11. The molecule has 2 aromatic rings. The molecule has 22 heavy (non-hydrogen) atoms. The van der Waals surface area contributed by atoms with Gasteiger partial charge in [0.25, 0.3) is 0 Å². The fraction of sp³-hybridized carbons (Fsp3) is 0.250. The number of benzene rings is 2. The normalized spacial score (nSPS) is 10.4. The van der Waals surface area contributed by atoms with Crippen LogP contribution in [0, 0.1) is 11.6 Å². The van der Waals surface area contributed by atoms with E-state index < -0.39 is 17.4 Å². The van der Waals surface area contributed by atoms with E-state index in [0.29, 0.717) is 17.1 Å². The van der Waals surface area contributed by atoms with Gasteiger partial charge < -0.3 is 19.3 Å². The van der Waals surface area contributed by atoms with Crippen LogP contribution in [0.2, 0.25) is 0 Å². The second-order valence-corrected chi connectivity index (χ2v) is 4.42. The number of aliphatic hydroxyl groups is 1. The van der Waals surface area contributed by atoms with Crippen LogP contribution in [0.1, 0.15) is 5.56 Å². The van der Waals surface area contributed by atoms with Crippen molar-refractivity contribution in [1.29, 1.82) is 0 Å². The Morgan fingerprint density at radius 3 is 2.00 bits per heavy atom. The Labute approximate surface area is 126 Å². The summed E-state index contributed by atoms with van der Waals surface area (Å²) in [6, 6.07) is 9.04. The Bertz CT molecular complexity index is 591. The summed E-state index contributed by atoms with van der Waals surface area (Å²) in [7, 11) is 1.21. The Morgan fingerprint density at radius 2 is 1.50 bits per heavy atom. The highest BCUT2D eigenvalue weighted by molar-refractivity contribution is 5.33. The average Bonchev–Trinajstić information content (AvgIpc) is 2.51. The lowest BCUT2D eigenvalue weighted by molar-refractivity contribution is 0.201. The molecule has 0 atom stereocenters. The number of hydrogen-bond acceptors (Lipinski definition) is 4. The molecule has 0 heterocycles. The third-order valence-electron chi connectivity index (χ3n) is 2.85. The van der Waals surface area contributed by atoms with Crippen molar-refractivity contribution >= 4 is 0 Å². The van der Waals surface area contributed by atoms with Crippen LogP contribution in [-0.2, 0) is 6.61 Å². The summed E-state index contributed by atoms with van der Waals surface area (Å²) < 4.78 is 42.4. The summed E-state index contributed by atoms with van der Waals surface area (Å²) in [4.78, 5) is 0. The van der Waals surface area contributed by atoms with E-state index in [-0.39, 0.29) is 19.8 Å². The molecule has 0 bridgehead atoms. The van der Waals surface area contributed by atoms with Crippen LogP contribution in [0.4, 0.5) is 8.78 Å². The van der Waals surface area contributed by atoms with E-state index >= 15 is 0 Å². The van der Waals surface area contributed by atoms with E-state index in [2.05, 4.69) is 4.74 Å². The minimum absolute atomic E-state index is 0.0225. The van der Waals surface area contributed by atoms with Gasteiger partial charge in [-0.15, -0.1) is 0 Å². The van der Waals surface area contributed by atoms with Crippen LogP contribution in [0.15, 0.2) is 36.4 Å². The molecule has 0 saturated heterocycles. The first kappa shape index (κ1) is 16.0. The lowest BCUT2D eigenvalue weighted by Crippen LogP contribution is -2.02. The summed E-state index contributed by atoms with van der Waals surface area (Å²) in [5.74, 6) is -0.812. The van der Waals surface area contributed by atoms with Gasteiger partial charge in [0.05, 0.1) is 13.7 Å². The fourth-order valence-corrected chi connectivity index (χ4v) is 1.85. The first-order valence-electron chi connectivity index (χ1n) is 6.62. The fourth-order valence-electron chi connectivity index (χ4n) is 1.85. The van der Waals surface area contributed by atoms with Gasteiger partial charge in [-0.1, -0.05) is 0 Å². The molecular weight excluding hydrogens is 294 g/mol. The van der Waals surface area contributed by atoms with Crippen LogP contribution >= 0.6 is 0 Å². The molecule has 0 aliphatic rings. The molecule has 0 amide bonds. The van der Waals surface area contributed by atoms with Crippen LogP contribution < -0.4 is 14.2 Å². The van der Waals surface area contributed by atoms with E-state index in [1.165, 1.54) is 19.2 Å².